The minimum absolute atomic E-state index is 0.160. The molecule has 0 saturated heterocycles. The maximum Gasteiger partial charge on any atom is 0.237 e. The van der Waals surface area contributed by atoms with Crippen molar-refractivity contribution < 1.29 is 4.79 Å². The van der Waals surface area contributed by atoms with Gasteiger partial charge < -0.3 is 10.6 Å². The number of carbonyl (C=O) groups is 1. The third-order valence-corrected chi connectivity index (χ3v) is 3.30. The first-order valence-electron chi connectivity index (χ1n) is 5.20. The fourth-order valence-electron chi connectivity index (χ4n) is 1.74. The number of benzene rings is 1. The van der Waals surface area contributed by atoms with Gasteiger partial charge in [-0.25, -0.2) is 0 Å². The SMILES string of the molecule is CCN1C(=O)CSC=C1c1cccc(N)c1. The van der Waals surface area contributed by atoms with Gasteiger partial charge in [0.2, 0.25) is 5.91 Å². The van der Waals surface area contributed by atoms with Crippen LogP contribution in [0, 0.1) is 0 Å². The monoisotopic (exact) mass is 234 g/mol. The number of carbonyl (C=O) groups excluding carboxylic acids is 1. The molecule has 2 rings (SSSR count). The molecule has 1 aromatic carbocycles. The highest BCUT2D eigenvalue weighted by Crippen LogP contribution is 2.28. The van der Waals surface area contributed by atoms with Crippen molar-refractivity contribution in [1.29, 1.82) is 0 Å². The lowest BCUT2D eigenvalue weighted by atomic mass is 10.1. The van der Waals surface area contributed by atoms with E-state index in [1.807, 2.05) is 36.6 Å². The Hall–Kier alpha value is -1.42. The highest BCUT2D eigenvalue weighted by molar-refractivity contribution is 8.03. The van der Waals surface area contributed by atoms with E-state index in [0.717, 1.165) is 16.9 Å². The van der Waals surface area contributed by atoms with Crippen LogP contribution in [-0.2, 0) is 4.79 Å². The van der Waals surface area contributed by atoms with Crippen molar-refractivity contribution in [2.45, 2.75) is 6.92 Å². The van der Waals surface area contributed by atoms with Gasteiger partial charge in [0.1, 0.15) is 0 Å². The molecule has 0 fully saturated rings. The third kappa shape index (κ3) is 2.07. The van der Waals surface area contributed by atoms with E-state index in [2.05, 4.69) is 0 Å². The summed E-state index contributed by atoms with van der Waals surface area (Å²) in [5, 5.41) is 2.03. The van der Waals surface area contributed by atoms with E-state index in [1.54, 1.807) is 4.90 Å². The van der Waals surface area contributed by atoms with Gasteiger partial charge in [-0.15, -0.1) is 11.8 Å². The Labute approximate surface area is 99.3 Å². The van der Waals surface area contributed by atoms with Gasteiger partial charge in [-0.3, -0.25) is 4.79 Å². The molecule has 0 spiro atoms. The van der Waals surface area contributed by atoms with E-state index >= 15 is 0 Å². The number of nitrogens with zero attached hydrogens (tertiary/aromatic N) is 1. The molecule has 2 N–H and O–H groups in total. The van der Waals surface area contributed by atoms with Crippen LogP contribution < -0.4 is 5.73 Å². The van der Waals surface area contributed by atoms with Gasteiger partial charge in [-0.2, -0.15) is 0 Å². The lowest BCUT2D eigenvalue weighted by Gasteiger charge is -2.27. The average Bonchev–Trinajstić information content (AvgIpc) is 2.28. The van der Waals surface area contributed by atoms with Crippen LogP contribution in [0.1, 0.15) is 12.5 Å². The molecule has 0 aromatic heterocycles. The average molecular weight is 234 g/mol. The molecule has 84 valence electrons. The van der Waals surface area contributed by atoms with Crippen LogP contribution in [0.25, 0.3) is 5.70 Å². The Morgan fingerprint density at radius 2 is 2.31 bits per heavy atom. The van der Waals surface area contributed by atoms with Crippen LogP contribution in [0.15, 0.2) is 29.7 Å². The normalized spacial score (nSPS) is 16.2. The number of thioether (sulfide) groups is 1. The zero-order chi connectivity index (χ0) is 11.5. The standard InChI is InChI=1S/C12H14N2OS/c1-2-14-11(7-16-8-12(14)15)9-4-3-5-10(13)6-9/h3-7H,2,8,13H2,1H3. The van der Waals surface area contributed by atoms with Crippen molar-refractivity contribution >= 4 is 29.1 Å². The molecule has 0 saturated carbocycles. The largest absolute Gasteiger partial charge is 0.399 e. The van der Waals surface area contributed by atoms with Crippen LogP contribution in [0.2, 0.25) is 0 Å². The van der Waals surface area contributed by atoms with E-state index in [9.17, 15) is 4.79 Å². The molecular formula is C12H14N2OS. The summed E-state index contributed by atoms with van der Waals surface area (Å²) in [5.41, 5.74) is 8.43. The summed E-state index contributed by atoms with van der Waals surface area (Å²) in [6.45, 7) is 2.67. The second-order valence-corrected chi connectivity index (χ2v) is 4.44. The van der Waals surface area contributed by atoms with E-state index in [1.165, 1.54) is 11.8 Å². The van der Waals surface area contributed by atoms with Crippen LogP contribution >= 0.6 is 11.8 Å². The van der Waals surface area contributed by atoms with Gasteiger partial charge in [0.05, 0.1) is 11.4 Å². The third-order valence-electron chi connectivity index (χ3n) is 2.49. The Bertz CT molecular complexity index is 442. The van der Waals surface area contributed by atoms with Crippen molar-refractivity contribution in [2.24, 2.45) is 0 Å². The first kappa shape index (κ1) is 11.1. The minimum atomic E-state index is 0.160. The van der Waals surface area contributed by atoms with Gasteiger partial charge in [0.15, 0.2) is 0 Å². The Morgan fingerprint density at radius 1 is 1.50 bits per heavy atom. The molecule has 4 heteroatoms. The molecule has 1 aliphatic rings. The number of hydrogen-bond acceptors (Lipinski definition) is 3. The number of hydrogen-bond donors (Lipinski definition) is 1. The molecule has 1 aliphatic heterocycles. The molecular weight excluding hydrogens is 220 g/mol. The molecule has 3 nitrogen and oxygen atoms in total. The summed E-state index contributed by atoms with van der Waals surface area (Å²) in [7, 11) is 0. The quantitative estimate of drug-likeness (QED) is 0.798. The summed E-state index contributed by atoms with van der Waals surface area (Å²) < 4.78 is 0. The Balaban J connectivity index is 2.38. The van der Waals surface area contributed by atoms with Crippen molar-refractivity contribution in [3.8, 4) is 0 Å². The molecule has 1 amide bonds. The lowest BCUT2D eigenvalue weighted by molar-refractivity contribution is -0.125. The Morgan fingerprint density at radius 3 is 3.00 bits per heavy atom. The van der Waals surface area contributed by atoms with Gasteiger partial charge in [-0.1, -0.05) is 12.1 Å². The fraction of sp³-hybridized carbons (Fsp3) is 0.250. The molecule has 0 unspecified atom stereocenters. The molecule has 0 radical (unpaired) electrons. The molecule has 1 heterocycles. The lowest BCUT2D eigenvalue weighted by Crippen LogP contribution is -2.32. The van der Waals surface area contributed by atoms with Crippen LogP contribution in [0.3, 0.4) is 0 Å². The first-order valence-corrected chi connectivity index (χ1v) is 6.25. The number of nitrogen functional groups attached to an aromatic ring is 1. The molecule has 0 atom stereocenters. The summed E-state index contributed by atoms with van der Waals surface area (Å²) >= 11 is 1.54. The van der Waals surface area contributed by atoms with Gasteiger partial charge in [0, 0.05) is 17.8 Å². The minimum Gasteiger partial charge on any atom is -0.399 e. The maximum atomic E-state index is 11.7. The van der Waals surface area contributed by atoms with E-state index in [0.29, 0.717) is 12.3 Å². The fourth-order valence-corrected chi connectivity index (χ4v) is 2.54. The van der Waals surface area contributed by atoms with Crippen molar-refractivity contribution in [2.75, 3.05) is 18.0 Å². The van der Waals surface area contributed by atoms with Gasteiger partial charge >= 0.3 is 0 Å². The van der Waals surface area contributed by atoms with E-state index < -0.39 is 0 Å². The molecule has 0 bridgehead atoms. The topological polar surface area (TPSA) is 46.3 Å². The van der Waals surface area contributed by atoms with Crippen LogP contribution in [-0.4, -0.2) is 23.1 Å². The summed E-state index contributed by atoms with van der Waals surface area (Å²) in [5.74, 6) is 0.687. The van der Waals surface area contributed by atoms with Crippen molar-refractivity contribution in [3.63, 3.8) is 0 Å². The number of rotatable bonds is 2. The highest BCUT2D eigenvalue weighted by Gasteiger charge is 2.21. The second kappa shape index (κ2) is 4.61. The zero-order valence-corrected chi connectivity index (χ0v) is 9.96. The van der Waals surface area contributed by atoms with Crippen molar-refractivity contribution in [1.82, 2.24) is 4.90 Å². The van der Waals surface area contributed by atoms with Gasteiger partial charge in [0.25, 0.3) is 0 Å². The number of amides is 1. The summed E-state index contributed by atoms with van der Waals surface area (Å²) in [6, 6.07) is 7.62. The Kier molecular flexibility index (Phi) is 3.19. The molecule has 1 aromatic rings. The van der Waals surface area contributed by atoms with E-state index in [4.69, 9.17) is 5.73 Å². The summed E-state index contributed by atoms with van der Waals surface area (Å²) in [6.07, 6.45) is 0. The van der Waals surface area contributed by atoms with Crippen LogP contribution in [0.4, 0.5) is 5.69 Å². The molecule has 16 heavy (non-hydrogen) atoms. The first-order chi connectivity index (χ1) is 7.72. The molecule has 0 aliphatic carbocycles. The zero-order valence-electron chi connectivity index (χ0n) is 9.14. The van der Waals surface area contributed by atoms with Gasteiger partial charge in [-0.05, 0) is 24.5 Å². The number of anilines is 1. The number of nitrogens with two attached hydrogens (primary N) is 1. The predicted molar refractivity (Wildman–Crippen MR) is 68.7 cm³/mol. The smallest absolute Gasteiger partial charge is 0.237 e. The predicted octanol–water partition coefficient (Wildman–Crippen LogP) is 2.16. The second-order valence-electron chi connectivity index (χ2n) is 3.58. The van der Waals surface area contributed by atoms with E-state index in [-0.39, 0.29) is 5.91 Å². The highest BCUT2D eigenvalue weighted by atomic mass is 32.2. The van der Waals surface area contributed by atoms with Crippen molar-refractivity contribution in [3.05, 3.63) is 35.2 Å². The maximum absolute atomic E-state index is 11.7. The van der Waals surface area contributed by atoms with Crippen LogP contribution in [0.5, 0.6) is 0 Å². The summed E-state index contributed by atoms with van der Waals surface area (Å²) in [4.78, 5) is 13.5.